The van der Waals surface area contributed by atoms with Gasteiger partial charge < -0.3 is 9.88 Å². The van der Waals surface area contributed by atoms with Crippen molar-refractivity contribution in [2.24, 2.45) is 0 Å². The summed E-state index contributed by atoms with van der Waals surface area (Å²) in [5.41, 5.74) is 13.7. The van der Waals surface area contributed by atoms with Gasteiger partial charge in [-0.1, -0.05) is 164 Å². The molecule has 2 heteroatoms. The molecule has 0 saturated heterocycles. The van der Waals surface area contributed by atoms with E-state index in [1.165, 1.54) is 38.5 Å². The van der Waals surface area contributed by atoms with E-state index in [1.54, 1.807) is 24.3 Å². The topological polar surface area (TPSA) is 19.0 Å². The van der Waals surface area contributed by atoms with Crippen LogP contribution in [0, 0.1) is 0 Å². The fourth-order valence-corrected chi connectivity index (χ4v) is 8.06. The van der Waals surface area contributed by atoms with Crippen molar-refractivity contribution < 1.29 is 13.7 Å². The minimum absolute atomic E-state index is 0.106. The Kier molecular flexibility index (Phi) is 5.49. The molecule has 9 aromatic carbocycles. The van der Waals surface area contributed by atoms with Gasteiger partial charge in [0, 0.05) is 39.1 Å². The average molecular weight is 723 g/mol. The lowest BCUT2D eigenvalue weighted by atomic mass is 9.97. The fraction of sp³-hybridized carbons (Fsp3) is 0. The maximum Gasteiger partial charge on any atom is 0.0629 e. The molecule has 10 aromatic rings. The van der Waals surface area contributed by atoms with Crippen molar-refractivity contribution in [2.45, 2.75) is 0 Å². The standard InChI is InChI=1S/C54H36N2/c1-3-9-36(10-4-1)39-21-28-45(29-22-39)56(46-30-23-40(24-31-46)37-11-5-2-6-12-37)47-32-25-41(26-33-47)38-17-19-42(20-18-38)44-27-34-51-50(35-44)53-48-15-7-13-43-14-8-16-49(52(43)48)54(53)55-51/h1-35,55H/i1D,2D,3D,4D,5D,6D,9D,10D,11D,12D. The van der Waals surface area contributed by atoms with Crippen LogP contribution in [0.25, 0.3) is 88.6 Å². The van der Waals surface area contributed by atoms with Gasteiger partial charge in [-0.05, 0) is 109 Å². The summed E-state index contributed by atoms with van der Waals surface area (Å²) < 4.78 is 83.0. The molecule has 0 atom stereocenters. The van der Waals surface area contributed by atoms with Gasteiger partial charge in [-0.25, -0.2) is 0 Å². The smallest absolute Gasteiger partial charge is 0.0629 e. The highest BCUT2D eigenvalue weighted by Gasteiger charge is 2.25. The van der Waals surface area contributed by atoms with Crippen LogP contribution in [0.4, 0.5) is 17.1 Å². The maximum absolute atomic E-state index is 8.53. The minimum atomic E-state index is -0.453. The molecule has 1 aliphatic rings. The van der Waals surface area contributed by atoms with E-state index in [9.17, 15) is 0 Å². The molecular formula is C54H36N2. The first-order chi connectivity index (χ1) is 31.9. The van der Waals surface area contributed by atoms with Crippen LogP contribution in [0.2, 0.25) is 0 Å². The van der Waals surface area contributed by atoms with E-state index in [0.29, 0.717) is 22.5 Å². The number of hydrogen-bond donors (Lipinski definition) is 1. The van der Waals surface area contributed by atoms with Crippen LogP contribution in [-0.4, -0.2) is 4.98 Å². The van der Waals surface area contributed by atoms with Crippen molar-refractivity contribution in [3.05, 3.63) is 212 Å². The molecule has 56 heavy (non-hydrogen) atoms. The summed E-state index contributed by atoms with van der Waals surface area (Å²) in [7, 11) is 0. The molecule has 0 amide bonds. The van der Waals surface area contributed by atoms with Gasteiger partial charge in [-0.2, -0.15) is 0 Å². The summed E-state index contributed by atoms with van der Waals surface area (Å²) in [6.45, 7) is 0. The lowest BCUT2D eigenvalue weighted by molar-refractivity contribution is 1.28. The molecular weight excluding hydrogens is 677 g/mol. The van der Waals surface area contributed by atoms with Crippen LogP contribution in [0.1, 0.15) is 13.7 Å². The molecule has 0 spiro atoms. The maximum atomic E-state index is 8.53. The van der Waals surface area contributed by atoms with Crippen LogP contribution in [0.5, 0.6) is 0 Å². The molecule has 1 N–H and O–H groups in total. The first kappa shape index (κ1) is 23.4. The van der Waals surface area contributed by atoms with Crippen molar-refractivity contribution >= 4 is 38.7 Å². The number of rotatable bonds is 7. The first-order valence-electron chi connectivity index (χ1n) is 23.4. The van der Waals surface area contributed by atoms with E-state index >= 15 is 0 Å². The van der Waals surface area contributed by atoms with Crippen LogP contribution < -0.4 is 4.90 Å². The number of H-pyrrole nitrogens is 1. The van der Waals surface area contributed by atoms with Gasteiger partial charge in [0.25, 0.3) is 0 Å². The Hall–Kier alpha value is -7.42. The summed E-state index contributed by atoms with van der Waals surface area (Å²) in [4.78, 5) is 5.69. The number of fused-ring (bicyclic) bond motifs is 5. The molecule has 11 rings (SSSR count). The number of benzene rings is 9. The Morgan fingerprint density at radius 1 is 0.393 bits per heavy atom. The zero-order valence-electron chi connectivity index (χ0n) is 39.9. The Morgan fingerprint density at radius 2 is 0.821 bits per heavy atom. The molecule has 262 valence electrons. The third-order valence-corrected chi connectivity index (χ3v) is 10.7. The number of hydrogen-bond acceptors (Lipinski definition) is 1. The zero-order chi connectivity index (χ0) is 45.7. The van der Waals surface area contributed by atoms with Crippen LogP contribution in [0.15, 0.2) is 212 Å². The molecule has 1 aromatic heterocycles. The normalized spacial score (nSPS) is 14.1. The molecule has 1 aliphatic carbocycles. The largest absolute Gasteiger partial charge is 0.354 e. The molecule has 0 radical (unpaired) electrons. The van der Waals surface area contributed by atoms with E-state index in [0.717, 1.165) is 33.5 Å². The molecule has 0 saturated carbocycles. The van der Waals surface area contributed by atoms with E-state index in [-0.39, 0.29) is 35.3 Å². The quantitative estimate of drug-likeness (QED) is 0.174. The highest BCUT2D eigenvalue weighted by atomic mass is 15.1. The summed E-state index contributed by atoms with van der Waals surface area (Å²) in [6, 6.07) is 46.8. The number of anilines is 3. The summed E-state index contributed by atoms with van der Waals surface area (Å²) in [5.74, 6) is 0. The third-order valence-electron chi connectivity index (χ3n) is 10.7. The average Bonchev–Trinajstić information content (AvgIpc) is 3.88. The van der Waals surface area contributed by atoms with E-state index in [2.05, 4.69) is 83.8 Å². The van der Waals surface area contributed by atoms with Gasteiger partial charge in [0.15, 0.2) is 0 Å². The van der Waals surface area contributed by atoms with Crippen LogP contribution >= 0.6 is 0 Å². The summed E-state index contributed by atoms with van der Waals surface area (Å²) in [6.07, 6.45) is 0. The van der Waals surface area contributed by atoms with Crippen molar-refractivity contribution in [2.75, 3.05) is 4.90 Å². The minimum Gasteiger partial charge on any atom is -0.354 e. The Balaban J connectivity index is 0.931. The van der Waals surface area contributed by atoms with Crippen molar-refractivity contribution in [3.8, 4) is 66.9 Å². The SMILES string of the molecule is [2H]c1c([2H])c([2H])c(-c2ccc(N(c3ccc(-c4ccc(-c5ccc6[nH]c7c(c6c5)-c5cccc6cccc-7c56)cc4)cc3)c3ccc(-c4c([2H])c([2H])c([2H])c([2H])c4[2H])cc3)cc2)c([2H])c1[2H]. The highest BCUT2D eigenvalue weighted by Crippen LogP contribution is 2.50. The van der Waals surface area contributed by atoms with Crippen LogP contribution in [-0.2, 0) is 0 Å². The molecule has 0 aliphatic heterocycles. The lowest BCUT2D eigenvalue weighted by Gasteiger charge is -2.26. The zero-order valence-corrected chi connectivity index (χ0v) is 29.9. The third kappa shape index (κ3) is 5.42. The van der Waals surface area contributed by atoms with E-state index < -0.39 is 36.3 Å². The molecule has 0 fully saturated rings. The predicted molar refractivity (Wildman–Crippen MR) is 237 cm³/mol. The lowest BCUT2D eigenvalue weighted by Crippen LogP contribution is -2.09. The highest BCUT2D eigenvalue weighted by molar-refractivity contribution is 6.21. The number of aromatic nitrogens is 1. The van der Waals surface area contributed by atoms with Crippen molar-refractivity contribution in [1.82, 2.24) is 4.98 Å². The molecule has 2 nitrogen and oxygen atoms in total. The molecule has 1 heterocycles. The van der Waals surface area contributed by atoms with Gasteiger partial charge in [0.05, 0.1) is 19.4 Å². The molecule has 0 unspecified atom stereocenters. The summed E-state index contributed by atoms with van der Waals surface area (Å²) >= 11 is 0. The second-order valence-corrected chi connectivity index (χ2v) is 13.9. The number of nitrogens with one attached hydrogen (secondary N) is 1. The van der Waals surface area contributed by atoms with Crippen LogP contribution in [0.3, 0.4) is 0 Å². The van der Waals surface area contributed by atoms with Gasteiger partial charge >= 0.3 is 0 Å². The monoisotopic (exact) mass is 722 g/mol. The van der Waals surface area contributed by atoms with Crippen molar-refractivity contribution in [3.63, 3.8) is 0 Å². The fourth-order valence-electron chi connectivity index (χ4n) is 8.06. The van der Waals surface area contributed by atoms with Gasteiger partial charge in [0.2, 0.25) is 0 Å². The van der Waals surface area contributed by atoms with E-state index in [1.807, 2.05) is 53.4 Å². The second-order valence-electron chi connectivity index (χ2n) is 13.9. The number of nitrogens with zero attached hydrogens (tertiary/aromatic N) is 1. The van der Waals surface area contributed by atoms with E-state index in [4.69, 9.17) is 13.7 Å². The summed E-state index contributed by atoms with van der Waals surface area (Å²) in [5, 5.41) is 3.73. The number of aromatic amines is 1. The Labute approximate surface area is 340 Å². The Bertz CT molecular complexity index is 3440. The van der Waals surface area contributed by atoms with Gasteiger partial charge in [-0.3, -0.25) is 0 Å². The molecule has 0 bridgehead atoms. The Morgan fingerprint density at radius 3 is 1.34 bits per heavy atom. The van der Waals surface area contributed by atoms with Gasteiger partial charge in [0.1, 0.15) is 0 Å². The van der Waals surface area contributed by atoms with Crippen molar-refractivity contribution in [1.29, 1.82) is 0 Å². The van der Waals surface area contributed by atoms with Gasteiger partial charge in [-0.15, -0.1) is 0 Å². The second kappa shape index (κ2) is 13.2. The predicted octanol–water partition coefficient (Wildman–Crippen LogP) is 15.1. The first-order valence-corrected chi connectivity index (χ1v) is 18.4.